The molecule has 2 N–H and O–H groups in total. The average Bonchev–Trinajstić information content (AvgIpc) is 2.52. The van der Waals surface area contributed by atoms with Gasteiger partial charge in [0.1, 0.15) is 0 Å². The maximum Gasteiger partial charge on any atom is 0.309 e. The van der Waals surface area contributed by atoms with E-state index in [1.807, 2.05) is 33.0 Å². The molecule has 0 atom stereocenters. The van der Waals surface area contributed by atoms with Crippen LogP contribution in [0.1, 0.15) is 33.6 Å². The lowest BCUT2D eigenvalue weighted by Gasteiger charge is -2.33. The number of anilines is 1. The van der Waals surface area contributed by atoms with Crippen molar-refractivity contribution in [2.75, 3.05) is 24.5 Å². The van der Waals surface area contributed by atoms with Crippen molar-refractivity contribution >= 4 is 17.5 Å². The summed E-state index contributed by atoms with van der Waals surface area (Å²) in [7, 11) is 0. The maximum atomic E-state index is 11.8. The van der Waals surface area contributed by atoms with Crippen LogP contribution in [0, 0.1) is 5.92 Å². The molecule has 2 heterocycles. The number of carbonyl (C=O) groups excluding carboxylic acids is 2. The van der Waals surface area contributed by atoms with Crippen LogP contribution in [0.5, 0.6) is 0 Å². The van der Waals surface area contributed by atoms with Gasteiger partial charge in [-0.1, -0.05) is 0 Å². The molecule has 1 aromatic heterocycles. The Balaban J connectivity index is 1.72. The summed E-state index contributed by atoms with van der Waals surface area (Å²) in [6, 6.07) is 4.00. The van der Waals surface area contributed by atoms with Crippen LogP contribution in [0.2, 0.25) is 0 Å². The van der Waals surface area contributed by atoms with Crippen LogP contribution in [0.15, 0.2) is 24.5 Å². The fourth-order valence-electron chi connectivity index (χ4n) is 2.65. The quantitative estimate of drug-likeness (QED) is 0.825. The van der Waals surface area contributed by atoms with Crippen molar-refractivity contribution in [2.45, 2.75) is 39.2 Å². The highest BCUT2D eigenvalue weighted by Crippen LogP contribution is 2.21. The monoisotopic (exact) mass is 318 g/mol. The highest BCUT2D eigenvalue weighted by molar-refractivity contribution is 6.35. The largest absolute Gasteiger partial charge is 0.370 e. The normalized spacial score (nSPS) is 16.0. The number of rotatable bonds is 3. The Hall–Kier alpha value is -2.11. The molecule has 1 aromatic rings. The lowest BCUT2D eigenvalue weighted by atomic mass is 9.96. The number of nitrogens with one attached hydrogen (secondary N) is 2. The Morgan fingerprint density at radius 2 is 1.96 bits per heavy atom. The molecule has 0 saturated carbocycles. The minimum absolute atomic E-state index is 0.399. The molecule has 0 bridgehead atoms. The lowest BCUT2D eigenvalue weighted by molar-refractivity contribution is -0.140. The van der Waals surface area contributed by atoms with Crippen molar-refractivity contribution in [3.05, 3.63) is 24.5 Å². The number of piperidine rings is 1. The molecular formula is C17H26N4O2. The molecule has 0 aromatic carbocycles. The van der Waals surface area contributed by atoms with Crippen LogP contribution < -0.4 is 15.5 Å². The zero-order valence-electron chi connectivity index (χ0n) is 14.1. The van der Waals surface area contributed by atoms with E-state index in [1.54, 1.807) is 6.20 Å². The molecule has 1 aliphatic rings. The molecule has 0 aliphatic carbocycles. The maximum absolute atomic E-state index is 11.8. The number of aromatic nitrogens is 1. The molecule has 2 amide bonds. The van der Waals surface area contributed by atoms with Crippen LogP contribution in [0.25, 0.3) is 0 Å². The van der Waals surface area contributed by atoms with Crippen molar-refractivity contribution in [3.8, 4) is 0 Å². The summed E-state index contributed by atoms with van der Waals surface area (Å²) in [4.78, 5) is 30.0. The third-order valence-corrected chi connectivity index (χ3v) is 3.87. The minimum atomic E-state index is -0.565. The van der Waals surface area contributed by atoms with Crippen LogP contribution in [-0.4, -0.2) is 42.0 Å². The van der Waals surface area contributed by atoms with Gasteiger partial charge in [0.25, 0.3) is 0 Å². The Morgan fingerprint density at radius 1 is 1.26 bits per heavy atom. The number of pyridine rings is 1. The second kappa shape index (κ2) is 7.44. The summed E-state index contributed by atoms with van der Waals surface area (Å²) in [6.45, 7) is 8.00. The first-order valence-corrected chi connectivity index (χ1v) is 8.10. The molecule has 0 unspecified atom stereocenters. The fourth-order valence-corrected chi connectivity index (χ4v) is 2.65. The van der Waals surface area contributed by atoms with E-state index in [2.05, 4.69) is 26.6 Å². The first-order chi connectivity index (χ1) is 10.8. The first kappa shape index (κ1) is 17.2. The molecule has 0 radical (unpaired) electrons. The van der Waals surface area contributed by atoms with Crippen LogP contribution in [0.4, 0.5) is 5.69 Å². The summed E-state index contributed by atoms with van der Waals surface area (Å²) in [5.41, 5.74) is 0.739. The van der Waals surface area contributed by atoms with Crippen molar-refractivity contribution in [2.24, 2.45) is 5.92 Å². The van der Waals surface area contributed by atoms with Crippen molar-refractivity contribution < 1.29 is 9.59 Å². The third kappa shape index (κ3) is 5.54. The zero-order valence-corrected chi connectivity index (χ0v) is 14.1. The van der Waals surface area contributed by atoms with Crippen LogP contribution >= 0.6 is 0 Å². The smallest absolute Gasteiger partial charge is 0.309 e. The van der Waals surface area contributed by atoms with Gasteiger partial charge in [0.05, 0.1) is 11.9 Å². The van der Waals surface area contributed by atoms with Gasteiger partial charge >= 0.3 is 11.8 Å². The van der Waals surface area contributed by atoms with Crippen molar-refractivity contribution in [1.82, 2.24) is 15.6 Å². The number of hydrogen-bond acceptors (Lipinski definition) is 4. The van der Waals surface area contributed by atoms with E-state index >= 15 is 0 Å². The Kier molecular flexibility index (Phi) is 5.58. The summed E-state index contributed by atoms with van der Waals surface area (Å²) in [5.74, 6) is -0.700. The third-order valence-electron chi connectivity index (χ3n) is 3.87. The zero-order chi connectivity index (χ0) is 16.9. The number of nitrogens with zero attached hydrogens (tertiary/aromatic N) is 2. The van der Waals surface area contributed by atoms with E-state index in [-0.39, 0.29) is 0 Å². The second-order valence-electron chi connectivity index (χ2n) is 7.06. The van der Waals surface area contributed by atoms with Gasteiger partial charge in [0.15, 0.2) is 0 Å². The SMILES string of the molecule is CC(C)(C)NC(=O)C(=O)NCC1CCN(c2cccnc2)CC1. The van der Waals surface area contributed by atoms with Crippen molar-refractivity contribution in [3.63, 3.8) is 0 Å². The van der Waals surface area contributed by atoms with E-state index in [0.29, 0.717) is 12.5 Å². The topological polar surface area (TPSA) is 74.3 Å². The molecule has 126 valence electrons. The van der Waals surface area contributed by atoms with Gasteiger partial charge in [0, 0.05) is 31.4 Å². The Bertz CT molecular complexity index is 531. The molecule has 1 fully saturated rings. The number of hydrogen-bond donors (Lipinski definition) is 2. The highest BCUT2D eigenvalue weighted by atomic mass is 16.2. The molecule has 1 aliphatic heterocycles. The summed E-state index contributed by atoms with van der Waals surface area (Å²) in [6.07, 6.45) is 5.64. The highest BCUT2D eigenvalue weighted by Gasteiger charge is 2.23. The molecular weight excluding hydrogens is 292 g/mol. The first-order valence-electron chi connectivity index (χ1n) is 8.10. The summed E-state index contributed by atoms with van der Waals surface area (Å²) < 4.78 is 0. The predicted molar refractivity (Wildman–Crippen MR) is 90.1 cm³/mol. The van der Waals surface area contributed by atoms with Crippen LogP contribution in [0.3, 0.4) is 0 Å². The van der Waals surface area contributed by atoms with Gasteiger partial charge in [0.2, 0.25) is 0 Å². The molecule has 6 nitrogen and oxygen atoms in total. The fraction of sp³-hybridized carbons (Fsp3) is 0.588. The number of carbonyl (C=O) groups is 2. The van der Waals surface area contributed by atoms with Gasteiger partial charge in [-0.05, 0) is 51.7 Å². The van der Waals surface area contributed by atoms with Crippen LogP contribution in [-0.2, 0) is 9.59 Å². The standard InChI is InChI=1S/C17H26N4O2/c1-17(2,3)20-16(23)15(22)19-11-13-6-9-21(10-7-13)14-5-4-8-18-12-14/h4-5,8,12-13H,6-7,9-11H2,1-3H3,(H,19,22)(H,20,23). The lowest BCUT2D eigenvalue weighted by Crippen LogP contribution is -2.49. The number of amides is 2. The molecule has 1 saturated heterocycles. The summed E-state index contributed by atoms with van der Waals surface area (Å²) >= 11 is 0. The van der Waals surface area contributed by atoms with Gasteiger partial charge in [-0.2, -0.15) is 0 Å². The van der Waals surface area contributed by atoms with E-state index in [4.69, 9.17) is 0 Å². The van der Waals surface area contributed by atoms with Gasteiger partial charge in [-0.25, -0.2) is 0 Å². The molecule has 23 heavy (non-hydrogen) atoms. The molecule has 2 rings (SSSR count). The minimum Gasteiger partial charge on any atom is -0.370 e. The van der Waals surface area contributed by atoms with Gasteiger partial charge in [-0.3, -0.25) is 14.6 Å². The van der Waals surface area contributed by atoms with Gasteiger partial charge < -0.3 is 15.5 Å². The molecule has 6 heteroatoms. The van der Waals surface area contributed by atoms with Crippen molar-refractivity contribution in [1.29, 1.82) is 0 Å². The van der Waals surface area contributed by atoms with E-state index < -0.39 is 17.4 Å². The molecule has 0 spiro atoms. The summed E-state index contributed by atoms with van der Waals surface area (Å²) in [5, 5.41) is 5.42. The average molecular weight is 318 g/mol. The Labute approximate surface area is 137 Å². The van der Waals surface area contributed by atoms with Gasteiger partial charge in [-0.15, -0.1) is 0 Å². The van der Waals surface area contributed by atoms with E-state index in [0.717, 1.165) is 31.6 Å². The Morgan fingerprint density at radius 3 is 2.52 bits per heavy atom. The predicted octanol–water partition coefficient (Wildman–Crippen LogP) is 1.33. The van der Waals surface area contributed by atoms with E-state index in [1.165, 1.54) is 0 Å². The second-order valence-corrected chi connectivity index (χ2v) is 7.06. The van der Waals surface area contributed by atoms with E-state index in [9.17, 15) is 9.59 Å².